The van der Waals surface area contributed by atoms with E-state index in [1.54, 1.807) is 17.8 Å². The van der Waals surface area contributed by atoms with Crippen molar-refractivity contribution in [1.29, 1.82) is 0 Å². The van der Waals surface area contributed by atoms with Gasteiger partial charge in [0.25, 0.3) is 0 Å². The molecule has 17 heavy (non-hydrogen) atoms. The van der Waals surface area contributed by atoms with Gasteiger partial charge in [-0.3, -0.25) is 0 Å². The smallest absolute Gasteiger partial charge is 0.137 e. The van der Waals surface area contributed by atoms with E-state index in [0.29, 0.717) is 12.1 Å². The van der Waals surface area contributed by atoms with E-state index in [-0.39, 0.29) is 5.82 Å². The third-order valence-corrected chi connectivity index (χ3v) is 4.98. The summed E-state index contributed by atoms with van der Waals surface area (Å²) in [6, 6.07) is 6.38. The van der Waals surface area contributed by atoms with E-state index in [9.17, 15) is 4.39 Å². The van der Waals surface area contributed by atoms with Gasteiger partial charge in [0, 0.05) is 17.0 Å². The van der Waals surface area contributed by atoms with Gasteiger partial charge in [-0.2, -0.15) is 0 Å². The highest BCUT2D eigenvalue weighted by Gasteiger charge is 2.31. The number of rotatable bonds is 3. The van der Waals surface area contributed by atoms with Gasteiger partial charge in [0.2, 0.25) is 0 Å². The second kappa shape index (κ2) is 4.62. The van der Waals surface area contributed by atoms with Crippen LogP contribution in [0.4, 0.5) is 4.39 Å². The standard InChI is InChI=1S/C14H18FNS/c1-9(10-5-6-10)16-13-7-8-17-14-11(13)3-2-4-12(14)15/h2-4,9-10,13,16H,5-8H2,1H3. The van der Waals surface area contributed by atoms with Gasteiger partial charge in [-0.05, 0) is 49.5 Å². The molecule has 92 valence electrons. The number of benzene rings is 1. The Hall–Kier alpha value is -0.540. The third-order valence-electron chi connectivity index (χ3n) is 3.82. The molecular weight excluding hydrogens is 233 g/mol. The molecule has 0 aromatic heterocycles. The van der Waals surface area contributed by atoms with Gasteiger partial charge < -0.3 is 5.32 Å². The Morgan fingerprint density at radius 1 is 1.35 bits per heavy atom. The second-order valence-electron chi connectivity index (χ2n) is 5.14. The van der Waals surface area contributed by atoms with Crippen LogP contribution in [0.5, 0.6) is 0 Å². The average Bonchev–Trinajstić information content (AvgIpc) is 3.14. The number of nitrogens with one attached hydrogen (secondary N) is 1. The number of thioether (sulfide) groups is 1. The van der Waals surface area contributed by atoms with Crippen LogP contribution in [0.2, 0.25) is 0 Å². The maximum Gasteiger partial charge on any atom is 0.137 e. The topological polar surface area (TPSA) is 12.0 Å². The van der Waals surface area contributed by atoms with Gasteiger partial charge in [-0.15, -0.1) is 11.8 Å². The third kappa shape index (κ3) is 2.36. The quantitative estimate of drug-likeness (QED) is 0.878. The molecule has 2 aliphatic rings. The lowest BCUT2D eigenvalue weighted by molar-refractivity contribution is 0.406. The van der Waals surface area contributed by atoms with E-state index in [2.05, 4.69) is 18.3 Å². The van der Waals surface area contributed by atoms with Crippen molar-refractivity contribution >= 4 is 11.8 Å². The average molecular weight is 251 g/mol. The fourth-order valence-electron chi connectivity index (χ4n) is 2.61. The molecule has 1 nitrogen and oxygen atoms in total. The zero-order valence-electron chi connectivity index (χ0n) is 10.1. The number of halogens is 1. The van der Waals surface area contributed by atoms with Crippen LogP contribution in [0.15, 0.2) is 23.1 Å². The molecule has 1 saturated carbocycles. The van der Waals surface area contributed by atoms with E-state index in [1.807, 2.05) is 6.07 Å². The summed E-state index contributed by atoms with van der Waals surface area (Å²) in [5.74, 6) is 1.81. The molecule has 1 aromatic carbocycles. The van der Waals surface area contributed by atoms with Crippen molar-refractivity contribution in [3.05, 3.63) is 29.6 Å². The molecule has 0 amide bonds. The lowest BCUT2D eigenvalue weighted by Crippen LogP contribution is -2.34. The Bertz CT molecular complexity index is 417. The second-order valence-corrected chi connectivity index (χ2v) is 6.25. The van der Waals surface area contributed by atoms with Crippen molar-refractivity contribution in [3.8, 4) is 0 Å². The predicted molar refractivity (Wildman–Crippen MR) is 69.8 cm³/mol. The first-order valence-corrected chi connectivity index (χ1v) is 7.41. The lowest BCUT2D eigenvalue weighted by atomic mass is 10.0. The van der Waals surface area contributed by atoms with E-state index < -0.39 is 0 Å². The van der Waals surface area contributed by atoms with Crippen molar-refractivity contribution in [1.82, 2.24) is 5.32 Å². The highest BCUT2D eigenvalue weighted by atomic mass is 32.2. The van der Waals surface area contributed by atoms with Crippen molar-refractivity contribution in [2.45, 2.75) is 43.2 Å². The summed E-state index contributed by atoms with van der Waals surface area (Å²) in [5, 5.41) is 3.68. The van der Waals surface area contributed by atoms with Gasteiger partial charge >= 0.3 is 0 Å². The van der Waals surface area contributed by atoms with Gasteiger partial charge in [-0.25, -0.2) is 4.39 Å². The van der Waals surface area contributed by atoms with Gasteiger partial charge in [0.1, 0.15) is 5.82 Å². The van der Waals surface area contributed by atoms with Gasteiger partial charge in [-0.1, -0.05) is 12.1 Å². The lowest BCUT2D eigenvalue weighted by Gasteiger charge is -2.29. The molecule has 0 radical (unpaired) electrons. The first-order chi connectivity index (χ1) is 8.25. The molecule has 0 bridgehead atoms. The molecule has 1 aromatic rings. The Morgan fingerprint density at radius 3 is 2.94 bits per heavy atom. The molecule has 1 aliphatic heterocycles. The van der Waals surface area contributed by atoms with Crippen LogP contribution in [0, 0.1) is 11.7 Å². The Labute approximate surface area is 106 Å². The summed E-state index contributed by atoms with van der Waals surface area (Å²) in [7, 11) is 0. The first kappa shape index (κ1) is 11.5. The van der Waals surface area contributed by atoms with Gasteiger partial charge in [0.05, 0.1) is 0 Å². The molecule has 2 atom stereocenters. The van der Waals surface area contributed by atoms with Crippen LogP contribution in [-0.2, 0) is 0 Å². The van der Waals surface area contributed by atoms with Crippen molar-refractivity contribution < 1.29 is 4.39 Å². The number of fused-ring (bicyclic) bond motifs is 1. The van der Waals surface area contributed by atoms with E-state index in [0.717, 1.165) is 28.6 Å². The molecule has 2 unspecified atom stereocenters. The summed E-state index contributed by atoms with van der Waals surface area (Å²) in [6.07, 6.45) is 3.81. The predicted octanol–water partition coefficient (Wildman–Crippen LogP) is 3.75. The normalized spacial score (nSPS) is 25.4. The van der Waals surface area contributed by atoms with Crippen molar-refractivity contribution in [2.24, 2.45) is 5.92 Å². The molecule has 1 fully saturated rings. The fourth-order valence-corrected chi connectivity index (χ4v) is 3.75. The van der Waals surface area contributed by atoms with E-state index >= 15 is 0 Å². The van der Waals surface area contributed by atoms with Crippen LogP contribution in [0.1, 0.15) is 37.8 Å². The van der Waals surface area contributed by atoms with Gasteiger partial charge in [0.15, 0.2) is 0 Å². The van der Waals surface area contributed by atoms with Crippen LogP contribution in [0.3, 0.4) is 0 Å². The van der Waals surface area contributed by atoms with Crippen LogP contribution in [-0.4, -0.2) is 11.8 Å². The molecule has 3 rings (SSSR count). The minimum Gasteiger partial charge on any atom is -0.307 e. The van der Waals surface area contributed by atoms with E-state index in [4.69, 9.17) is 0 Å². The molecule has 1 N–H and O–H groups in total. The SMILES string of the molecule is CC(NC1CCSc2c(F)cccc21)C1CC1. The molecule has 1 heterocycles. The minimum atomic E-state index is -0.0573. The summed E-state index contributed by atoms with van der Waals surface area (Å²) in [5.41, 5.74) is 1.16. The highest BCUT2D eigenvalue weighted by Crippen LogP contribution is 2.39. The zero-order chi connectivity index (χ0) is 11.8. The molecule has 1 aliphatic carbocycles. The minimum absolute atomic E-state index is 0.0573. The fraction of sp³-hybridized carbons (Fsp3) is 0.571. The molecule has 3 heteroatoms. The molecular formula is C14H18FNS. The Morgan fingerprint density at radius 2 is 2.18 bits per heavy atom. The Balaban J connectivity index is 1.81. The summed E-state index contributed by atoms with van der Waals surface area (Å²) in [4.78, 5) is 0.860. The van der Waals surface area contributed by atoms with Crippen LogP contribution < -0.4 is 5.32 Å². The summed E-state index contributed by atoms with van der Waals surface area (Å²) < 4.78 is 13.7. The first-order valence-electron chi connectivity index (χ1n) is 6.43. The highest BCUT2D eigenvalue weighted by molar-refractivity contribution is 7.99. The van der Waals surface area contributed by atoms with E-state index in [1.165, 1.54) is 12.8 Å². The number of hydrogen-bond donors (Lipinski definition) is 1. The summed E-state index contributed by atoms with van der Waals surface area (Å²) in [6.45, 7) is 2.26. The van der Waals surface area contributed by atoms with Crippen molar-refractivity contribution in [2.75, 3.05) is 5.75 Å². The molecule has 0 saturated heterocycles. The zero-order valence-corrected chi connectivity index (χ0v) is 10.9. The Kier molecular flexibility index (Phi) is 3.14. The maximum atomic E-state index is 13.7. The van der Waals surface area contributed by atoms with Crippen LogP contribution >= 0.6 is 11.8 Å². The largest absolute Gasteiger partial charge is 0.307 e. The van der Waals surface area contributed by atoms with Crippen molar-refractivity contribution in [3.63, 3.8) is 0 Å². The van der Waals surface area contributed by atoms with Crippen LogP contribution in [0.25, 0.3) is 0 Å². The molecule has 0 spiro atoms. The number of hydrogen-bond acceptors (Lipinski definition) is 2. The monoisotopic (exact) mass is 251 g/mol. The summed E-state index contributed by atoms with van der Waals surface area (Å²) >= 11 is 1.66. The maximum absolute atomic E-state index is 13.7.